The van der Waals surface area contributed by atoms with Crippen LogP contribution in [0.25, 0.3) is 10.9 Å². The highest BCUT2D eigenvalue weighted by Gasteiger charge is 2.18. The van der Waals surface area contributed by atoms with E-state index in [1.165, 1.54) is 32.3 Å². The molecule has 0 spiro atoms. The van der Waals surface area contributed by atoms with Crippen LogP contribution in [0.4, 0.5) is 10.5 Å². The maximum atomic E-state index is 12.3. The SMILES string of the molecule is COc1cc2c(Oc3ccc(NC(=O)NC4CCCC4)c(Cl)c3)ncnc2cc1OCCCN1CCCC1. The zero-order chi connectivity index (χ0) is 26.3. The van der Waals surface area contributed by atoms with E-state index in [-0.39, 0.29) is 12.1 Å². The lowest BCUT2D eigenvalue weighted by Gasteiger charge is -2.16. The largest absolute Gasteiger partial charge is 0.493 e. The third kappa shape index (κ3) is 6.57. The highest BCUT2D eigenvalue weighted by Crippen LogP contribution is 2.37. The van der Waals surface area contributed by atoms with Gasteiger partial charge in [-0.05, 0) is 63.4 Å². The second kappa shape index (κ2) is 12.5. The summed E-state index contributed by atoms with van der Waals surface area (Å²) in [5, 5.41) is 6.86. The zero-order valence-corrected chi connectivity index (χ0v) is 22.4. The Bertz CT molecular complexity index is 1260. The van der Waals surface area contributed by atoms with E-state index in [2.05, 4.69) is 25.5 Å². The van der Waals surface area contributed by atoms with Gasteiger partial charge in [0.2, 0.25) is 5.88 Å². The van der Waals surface area contributed by atoms with Crippen molar-refractivity contribution in [1.29, 1.82) is 0 Å². The minimum Gasteiger partial charge on any atom is -0.493 e. The molecule has 2 aromatic carbocycles. The van der Waals surface area contributed by atoms with Gasteiger partial charge >= 0.3 is 6.03 Å². The number of methoxy groups -OCH3 is 1. The van der Waals surface area contributed by atoms with Crippen LogP contribution in [-0.4, -0.2) is 60.3 Å². The quantitative estimate of drug-likeness (QED) is 0.304. The number of amides is 2. The molecule has 0 unspecified atom stereocenters. The topological polar surface area (TPSA) is 97.8 Å². The van der Waals surface area contributed by atoms with Crippen molar-refractivity contribution in [3.05, 3.63) is 41.7 Å². The van der Waals surface area contributed by atoms with Gasteiger partial charge in [0.25, 0.3) is 0 Å². The molecule has 202 valence electrons. The second-order valence-electron chi connectivity index (χ2n) is 9.77. The number of urea groups is 1. The number of carbonyl (C=O) groups is 1. The summed E-state index contributed by atoms with van der Waals surface area (Å²) in [5.74, 6) is 2.08. The first-order valence-electron chi connectivity index (χ1n) is 13.3. The monoisotopic (exact) mass is 539 g/mol. The Hall–Kier alpha value is -3.30. The molecule has 1 saturated carbocycles. The van der Waals surface area contributed by atoms with Crippen LogP contribution in [0.5, 0.6) is 23.1 Å². The Morgan fingerprint density at radius 3 is 2.66 bits per heavy atom. The molecule has 1 aliphatic heterocycles. The van der Waals surface area contributed by atoms with Crippen molar-refractivity contribution >= 4 is 34.2 Å². The molecule has 2 N–H and O–H groups in total. The lowest BCUT2D eigenvalue weighted by molar-refractivity contribution is 0.248. The predicted molar refractivity (Wildman–Crippen MR) is 148 cm³/mol. The Morgan fingerprint density at radius 1 is 1.08 bits per heavy atom. The summed E-state index contributed by atoms with van der Waals surface area (Å²) in [6.45, 7) is 4.00. The smallest absolute Gasteiger partial charge is 0.319 e. The van der Waals surface area contributed by atoms with E-state index in [1.54, 1.807) is 25.3 Å². The number of halogens is 1. The summed E-state index contributed by atoms with van der Waals surface area (Å²) in [4.78, 5) is 23.5. The first-order valence-corrected chi connectivity index (χ1v) is 13.7. The molecule has 38 heavy (non-hydrogen) atoms. The fourth-order valence-electron chi connectivity index (χ4n) is 5.06. The number of rotatable bonds is 10. The summed E-state index contributed by atoms with van der Waals surface area (Å²) in [5.41, 5.74) is 1.19. The molecule has 1 aliphatic carbocycles. The van der Waals surface area contributed by atoms with Gasteiger partial charge in [0.1, 0.15) is 12.1 Å². The Morgan fingerprint density at radius 2 is 1.89 bits per heavy atom. The molecule has 0 bridgehead atoms. The van der Waals surface area contributed by atoms with Gasteiger partial charge in [-0.15, -0.1) is 0 Å². The predicted octanol–water partition coefficient (Wildman–Crippen LogP) is 6.01. The van der Waals surface area contributed by atoms with Crippen LogP contribution in [0.15, 0.2) is 36.7 Å². The van der Waals surface area contributed by atoms with Gasteiger partial charge in [-0.3, -0.25) is 0 Å². The third-order valence-electron chi connectivity index (χ3n) is 7.05. The molecule has 1 aromatic heterocycles. The molecular weight excluding hydrogens is 506 g/mol. The van der Waals surface area contributed by atoms with Crippen LogP contribution >= 0.6 is 11.6 Å². The van der Waals surface area contributed by atoms with E-state index in [9.17, 15) is 4.79 Å². The zero-order valence-electron chi connectivity index (χ0n) is 21.7. The molecule has 0 radical (unpaired) electrons. The maximum absolute atomic E-state index is 12.3. The molecule has 2 heterocycles. The van der Waals surface area contributed by atoms with Gasteiger partial charge in [0.15, 0.2) is 11.5 Å². The first kappa shape index (κ1) is 26.3. The number of hydrogen-bond donors (Lipinski definition) is 2. The van der Waals surface area contributed by atoms with Gasteiger partial charge < -0.3 is 29.7 Å². The van der Waals surface area contributed by atoms with Crippen molar-refractivity contribution in [1.82, 2.24) is 20.2 Å². The van der Waals surface area contributed by atoms with Crippen molar-refractivity contribution < 1.29 is 19.0 Å². The van der Waals surface area contributed by atoms with Crippen LogP contribution in [0.2, 0.25) is 5.02 Å². The van der Waals surface area contributed by atoms with Crippen LogP contribution in [-0.2, 0) is 0 Å². The Kier molecular flexibility index (Phi) is 8.65. The molecule has 2 aliphatic rings. The summed E-state index contributed by atoms with van der Waals surface area (Å²) >= 11 is 6.45. The second-order valence-corrected chi connectivity index (χ2v) is 10.2. The van der Waals surface area contributed by atoms with E-state index in [4.69, 9.17) is 25.8 Å². The van der Waals surface area contributed by atoms with Crippen LogP contribution in [0, 0.1) is 0 Å². The van der Waals surface area contributed by atoms with Gasteiger partial charge in [0.05, 0.1) is 35.3 Å². The molecule has 1 saturated heterocycles. The van der Waals surface area contributed by atoms with E-state index in [1.807, 2.05) is 12.1 Å². The summed E-state index contributed by atoms with van der Waals surface area (Å²) in [6, 6.07) is 8.74. The van der Waals surface area contributed by atoms with Gasteiger partial charge in [-0.2, -0.15) is 0 Å². The molecule has 2 fully saturated rings. The van der Waals surface area contributed by atoms with Crippen LogP contribution < -0.4 is 24.8 Å². The van der Waals surface area contributed by atoms with Crippen molar-refractivity contribution in [2.45, 2.75) is 51.0 Å². The first-order chi connectivity index (χ1) is 18.6. The lowest BCUT2D eigenvalue weighted by atomic mass is 10.2. The minimum absolute atomic E-state index is 0.222. The van der Waals surface area contributed by atoms with Crippen molar-refractivity contribution in [3.8, 4) is 23.1 Å². The standard InChI is InChI=1S/C28H34ClN5O4/c1-36-25-16-21-24(17-26(25)37-14-6-13-34-11-4-5-12-34)30-18-31-27(21)38-20-9-10-23(22(29)15-20)33-28(35)32-19-7-2-3-8-19/h9-10,15-19H,2-8,11-14H2,1H3,(H2,32,33,35). The van der Waals surface area contributed by atoms with E-state index in [0.717, 1.165) is 38.6 Å². The molecule has 10 heteroatoms. The van der Waals surface area contributed by atoms with E-state index in [0.29, 0.717) is 51.3 Å². The van der Waals surface area contributed by atoms with E-state index < -0.39 is 0 Å². The van der Waals surface area contributed by atoms with E-state index >= 15 is 0 Å². The Balaban J connectivity index is 1.25. The number of nitrogens with zero attached hydrogens (tertiary/aromatic N) is 3. The normalized spacial score (nSPS) is 16.1. The molecular formula is C28H34ClN5O4. The number of aromatic nitrogens is 2. The highest BCUT2D eigenvalue weighted by atomic mass is 35.5. The van der Waals surface area contributed by atoms with Crippen LogP contribution in [0.1, 0.15) is 44.9 Å². The number of anilines is 1. The molecule has 2 amide bonds. The van der Waals surface area contributed by atoms with Crippen molar-refractivity contribution in [3.63, 3.8) is 0 Å². The third-order valence-corrected chi connectivity index (χ3v) is 7.37. The molecule has 9 nitrogen and oxygen atoms in total. The van der Waals surface area contributed by atoms with Gasteiger partial charge in [-0.1, -0.05) is 24.4 Å². The number of nitrogens with one attached hydrogen (secondary N) is 2. The number of fused-ring (bicyclic) bond motifs is 1. The molecule has 3 aromatic rings. The van der Waals surface area contributed by atoms with Crippen molar-refractivity contribution in [2.24, 2.45) is 0 Å². The number of hydrogen-bond acceptors (Lipinski definition) is 7. The highest BCUT2D eigenvalue weighted by molar-refractivity contribution is 6.33. The average Bonchev–Trinajstić information content (AvgIpc) is 3.62. The lowest BCUT2D eigenvalue weighted by Crippen LogP contribution is -2.36. The minimum atomic E-state index is -0.254. The Labute approximate surface area is 227 Å². The summed E-state index contributed by atoms with van der Waals surface area (Å²) < 4.78 is 17.7. The molecule has 5 rings (SSSR count). The summed E-state index contributed by atoms with van der Waals surface area (Å²) in [6.07, 6.45) is 9.29. The number of likely N-dealkylation sites (tertiary alicyclic amines) is 1. The average molecular weight is 540 g/mol. The molecule has 0 atom stereocenters. The number of carbonyl (C=O) groups excluding carboxylic acids is 1. The van der Waals surface area contributed by atoms with Gasteiger partial charge in [-0.25, -0.2) is 14.8 Å². The maximum Gasteiger partial charge on any atom is 0.319 e. The number of ether oxygens (including phenoxy) is 3. The van der Waals surface area contributed by atoms with Crippen molar-refractivity contribution in [2.75, 3.05) is 38.7 Å². The fraction of sp³-hybridized carbons (Fsp3) is 0.464. The summed E-state index contributed by atoms with van der Waals surface area (Å²) in [7, 11) is 1.61. The fourth-order valence-corrected chi connectivity index (χ4v) is 5.27. The van der Waals surface area contributed by atoms with Crippen LogP contribution in [0.3, 0.4) is 0 Å². The van der Waals surface area contributed by atoms with Gasteiger partial charge in [0, 0.05) is 24.7 Å². The number of benzene rings is 2.